The van der Waals surface area contributed by atoms with Gasteiger partial charge in [0, 0.05) is 19.1 Å². The van der Waals surface area contributed by atoms with Crippen molar-refractivity contribution in [2.24, 2.45) is 0 Å². The molecule has 0 spiro atoms. The van der Waals surface area contributed by atoms with Gasteiger partial charge in [0.25, 0.3) is 5.91 Å². The van der Waals surface area contributed by atoms with Gasteiger partial charge in [-0.05, 0) is 56.2 Å². The zero-order valence-electron chi connectivity index (χ0n) is 16.5. The van der Waals surface area contributed by atoms with E-state index in [1.807, 2.05) is 12.1 Å². The molecule has 30 heavy (non-hydrogen) atoms. The first-order valence-electron chi connectivity index (χ1n) is 9.82. The summed E-state index contributed by atoms with van der Waals surface area (Å²) in [4.78, 5) is 14.7. The molecule has 0 radical (unpaired) electrons. The number of para-hydroxylation sites is 2. The van der Waals surface area contributed by atoms with E-state index >= 15 is 0 Å². The van der Waals surface area contributed by atoms with Gasteiger partial charge >= 0.3 is 0 Å². The molecule has 2 atom stereocenters. The fourth-order valence-corrected chi connectivity index (χ4v) is 4.99. The third-order valence-corrected chi connectivity index (χ3v) is 6.87. The summed E-state index contributed by atoms with van der Waals surface area (Å²) >= 11 is 0. The fourth-order valence-electron chi connectivity index (χ4n) is 3.69. The summed E-state index contributed by atoms with van der Waals surface area (Å²) in [5.41, 5.74) is 0. The molecule has 2 unspecified atom stereocenters. The zero-order chi connectivity index (χ0) is 21.3. The van der Waals surface area contributed by atoms with E-state index < -0.39 is 28.0 Å². The first-order chi connectivity index (χ1) is 14.3. The largest absolute Gasteiger partial charge is 0.482 e. The number of halogens is 1. The van der Waals surface area contributed by atoms with Crippen LogP contribution in [-0.2, 0) is 14.8 Å². The maximum absolute atomic E-state index is 13.0. The Labute approximate surface area is 174 Å². The minimum absolute atomic E-state index is 0.0163. The SMILES string of the molecule is CC1Oc2ccccc2OC1C(=O)N1CCC(NS(=O)(=O)c2ccc(F)cc2)CC1. The molecule has 2 aliphatic heterocycles. The van der Waals surface area contributed by atoms with E-state index in [1.54, 1.807) is 24.0 Å². The van der Waals surface area contributed by atoms with Crippen molar-refractivity contribution in [3.8, 4) is 11.5 Å². The first-order valence-corrected chi connectivity index (χ1v) is 11.3. The van der Waals surface area contributed by atoms with Crippen molar-refractivity contribution in [3.63, 3.8) is 0 Å². The maximum Gasteiger partial charge on any atom is 0.267 e. The predicted octanol–water partition coefficient (Wildman–Crippen LogP) is 2.32. The zero-order valence-corrected chi connectivity index (χ0v) is 17.3. The van der Waals surface area contributed by atoms with Gasteiger partial charge in [-0.1, -0.05) is 12.1 Å². The summed E-state index contributed by atoms with van der Waals surface area (Å²) < 4.78 is 52.3. The van der Waals surface area contributed by atoms with Crippen LogP contribution in [0.5, 0.6) is 11.5 Å². The molecule has 1 N–H and O–H groups in total. The number of hydrogen-bond acceptors (Lipinski definition) is 5. The van der Waals surface area contributed by atoms with Crippen molar-refractivity contribution in [3.05, 3.63) is 54.3 Å². The minimum atomic E-state index is -3.74. The number of hydrogen-bond donors (Lipinski definition) is 1. The number of nitrogens with one attached hydrogen (secondary N) is 1. The van der Waals surface area contributed by atoms with E-state index in [0.29, 0.717) is 37.4 Å². The molecule has 2 aromatic rings. The third-order valence-electron chi connectivity index (χ3n) is 5.34. The van der Waals surface area contributed by atoms with Crippen LogP contribution in [0.3, 0.4) is 0 Å². The van der Waals surface area contributed by atoms with Crippen molar-refractivity contribution < 1.29 is 27.1 Å². The Morgan fingerprint density at radius 3 is 2.27 bits per heavy atom. The number of nitrogens with zero attached hydrogens (tertiary/aromatic N) is 1. The van der Waals surface area contributed by atoms with Crippen molar-refractivity contribution >= 4 is 15.9 Å². The van der Waals surface area contributed by atoms with Crippen molar-refractivity contribution in [1.29, 1.82) is 0 Å². The number of fused-ring (bicyclic) bond motifs is 1. The van der Waals surface area contributed by atoms with Gasteiger partial charge in [0.1, 0.15) is 11.9 Å². The van der Waals surface area contributed by atoms with Crippen LogP contribution < -0.4 is 14.2 Å². The Kier molecular flexibility index (Phi) is 5.66. The highest BCUT2D eigenvalue weighted by Crippen LogP contribution is 2.34. The van der Waals surface area contributed by atoms with E-state index in [1.165, 1.54) is 12.1 Å². The average Bonchev–Trinajstić information content (AvgIpc) is 2.73. The summed E-state index contributed by atoms with van der Waals surface area (Å²) in [5, 5.41) is 0. The lowest BCUT2D eigenvalue weighted by atomic mass is 10.0. The molecule has 4 rings (SSSR count). The molecule has 0 bridgehead atoms. The van der Waals surface area contributed by atoms with Gasteiger partial charge in [-0.25, -0.2) is 17.5 Å². The molecule has 0 saturated carbocycles. The number of rotatable bonds is 4. The van der Waals surface area contributed by atoms with Crippen molar-refractivity contribution in [2.45, 2.75) is 42.9 Å². The van der Waals surface area contributed by atoms with E-state index in [9.17, 15) is 17.6 Å². The highest BCUT2D eigenvalue weighted by molar-refractivity contribution is 7.89. The van der Waals surface area contributed by atoms with E-state index in [4.69, 9.17) is 9.47 Å². The summed E-state index contributed by atoms with van der Waals surface area (Å²) in [6.07, 6.45) is -0.218. The van der Waals surface area contributed by atoms with E-state index in [0.717, 1.165) is 12.1 Å². The van der Waals surface area contributed by atoms with Crippen LogP contribution in [0.4, 0.5) is 4.39 Å². The highest BCUT2D eigenvalue weighted by Gasteiger charge is 2.38. The quantitative estimate of drug-likeness (QED) is 0.798. The maximum atomic E-state index is 13.0. The Hall–Kier alpha value is -2.65. The van der Waals surface area contributed by atoms with Gasteiger partial charge in [0.2, 0.25) is 16.1 Å². The molecular formula is C21H23FN2O5S. The Balaban J connectivity index is 1.35. The Bertz CT molecular complexity index is 1020. The monoisotopic (exact) mass is 434 g/mol. The number of carbonyl (C=O) groups is 1. The first kappa shape index (κ1) is 20.6. The average molecular weight is 434 g/mol. The van der Waals surface area contributed by atoms with E-state index in [2.05, 4.69) is 4.72 Å². The molecule has 0 aromatic heterocycles. The summed E-state index contributed by atoms with van der Waals surface area (Å²) in [7, 11) is -3.74. The van der Waals surface area contributed by atoms with Crippen molar-refractivity contribution in [2.75, 3.05) is 13.1 Å². The number of amides is 1. The molecule has 1 amide bonds. The van der Waals surface area contributed by atoms with Crippen molar-refractivity contribution in [1.82, 2.24) is 9.62 Å². The molecule has 1 saturated heterocycles. The van der Waals surface area contributed by atoms with Crippen LogP contribution in [0, 0.1) is 5.82 Å². The molecular weight excluding hydrogens is 411 g/mol. The second-order valence-corrected chi connectivity index (χ2v) is 9.20. The normalized spacial score (nSPS) is 22.0. The van der Waals surface area contributed by atoms with Crippen LogP contribution in [0.2, 0.25) is 0 Å². The Morgan fingerprint density at radius 1 is 1.03 bits per heavy atom. The van der Waals surface area contributed by atoms with Crippen LogP contribution in [0.15, 0.2) is 53.4 Å². The van der Waals surface area contributed by atoms with E-state index in [-0.39, 0.29) is 16.8 Å². The molecule has 7 nitrogen and oxygen atoms in total. The molecule has 2 aromatic carbocycles. The van der Waals surface area contributed by atoms with Gasteiger partial charge in [0.05, 0.1) is 4.90 Å². The number of sulfonamides is 1. The fraction of sp³-hybridized carbons (Fsp3) is 0.381. The molecule has 9 heteroatoms. The number of likely N-dealkylation sites (tertiary alicyclic amines) is 1. The number of benzene rings is 2. The van der Waals surface area contributed by atoms with Crippen LogP contribution in [0.1, 0.15) is 19.8 Å². The van der Waals surface area contributed by atoms with Crippen LogP contribution in [0.25, 0.3) is 0 Å². The summed E-state index contributed by atoms with van der Waals surface area (Å²) in [6.45, 7) is 2.61. The lowest BCUT2D eigenvalue weighted by molar-refractivity contribution is -0.145. The highest BCUT2D eigenvalue weighted by atomic mass is 32.2. The molecule has 2 heterocycles. The van der Waals surface area contributed by atoms with Gasteiger partial charge in [-0.3, -0.25) is 4.79 Å². The van der Waals surface area contributed by atoms with Gasteiger partial charge in [-0.2, -0.15) is 0 Å². The molecule has 0 aliphatic carbocycles. The number of ether oxygens (including phenoxy) is 2. The van der Waals surface area contributed by atoms with Gasteiger partial charge < -0.3 is 14.4 Å². The van der Waals surface area contributed by atoms with Gasteiger partial charge in [0.15, 0.2) is 11.5 Å². The lowest BCUT2D eigenvalue weighted by Crippen LogP contribution is -2.54. The summed E-state index contributed by atoms with van der Waals surface area (Å²) in [6, 6.07) is 11.6. The molecule has 1 fully saturated rings. The molecule has 160 valence electrons. The summed E-state index contributed by atoms with van der Waals surface area (Å²) in [5.74, 6) is 0.488. The van der Waals surface area contributed by atoms with Crippen LogP contribution in [-0.4, -0.2) is 50.6 Å². The lowest BCUT2D eigenvalue weighted by Gasteiger charge is -2.37. The number of piperidine rings is 1. The second kappa shape index (κ2) is 8.23. The smallest absolute Gasteiger partial charge is 0.267 e. The van der Waals surface area contributed by atoms with Crippen LogP contribution >= 0.6 is 0 Å². The third kappa shape index (κ3) is 4.27. The Morgan fingerprint density at radius 2 is 1.63 bits per heavy atom. The number of carbonyl (C=O) groups excluding carboxylic acids is 1. The second-order valence-electron chi connectivity index (χ2n) is 7.48. The molecule has 2 aliphatic rings. The minimum Gasteiger partial charge on any atom is -0.482 e. The topological polar surface area (TPSA) is 84.9 Å². The predicted molar refractivity (Wildman–Crippen MR) is 107 cm³/mol. The van der Waals surface area contributed by atoms with Gasteiger partial charge in [-0.15, -0.1) is 0 Å². The standard InChI is InChI=1S/C21H23FN2O5S/c1-14-20(29-19-5-3-2-4-18(19)28-14)21(25)24-12-10-16(11-13-24)23-30(26,27)17-8-6-15(22)7-9-17/h2-9,14,16,20,23H,10-13H2,1H3.